The largest absolute Gasteiger partial charge is 0.497 e. The number of fused-ring (bicyclic) bond motifs is 2. The fourth-order valence-electron chi connectivity index (χ4n) is 4.27. The van der Waals surface area contributed by atoms with Gasteiger partial charge in [0.1, 0.15) is 11.6 Å². The average molecular weight is 563 g/mol. The molecule has 0 atom stereocenters. The van der Waals surface area contributed by atoms with Crippen LogP contribution in [0.5, 0.6) is 5.75 Å². The van der Waals surface area contributed by atoms with Crippen molar-refractivity contribution < 1.29 is 9.53 Å². The Balaban J connectivity index is 1.78. The Morgan fingerprint density at radius 3 is 2.53 bits per heavy atom. The molecule has 3 aromatic carbocycles. The maximum Gasteiger partial charge on any atom is 0.266 e. The van der Waals surface area contributed by atoms with Gasteiger partial charge in [-0.1, -0.05) is 25.1 Å². The highest BCUT2D eigenvalue weighted by molar-refractivity contribution is 14.1. The standard InChI is InChI=1S/C27H22IN3O3/c1-3-14-30-24-7-5-4-6-20(24)21(26(30)32)16-25-29-23-13-8-17(28)15-22(23)27(33)31(25)18-9-11-19(34-2)12-10-18/h4-13,15-16H,3,14H2,1-2H3/b21-16-. The van der Waals surface area contributed by atoms with Crippen molar-refractivity contribution in [2.24, 2.45) is 0 Å². The average Bonchev–Trinajstić information content (AvgIpc) is 3.11. The quantitative estimate of drug-likeness (QED) is 0.245. The zero-order chi connectivity index (χ0) is 23.8. The van der Waals surface area contributed by atoms with Crippen molar-refractivity contribution in [3.05, 3.63) is 92.0 Å². The summed E-state index contributed by atoms with van der Waals surface area (Å²) in [6.45, 7) is 2.67. The van der Waals surface area contributed by atoms with E-state index in [0.717, 1.165) is 21.2 Å². The number of hydrogen-bond acceptors (Lipinski definition) is 4. The van der Waals surface area contributed by atoms with Crippen molar-refractivity contribution in [2.75, 3.05) is 18.6 Å². The highest BCUT2D eigenvalue weighted by Crippen LogP contribution is 2.37. The lowest BCUT2D eigenvalue weighted by atomic mass is 10.1. The van der Waals surface area contributed by atoms with E-state index in [9.17, 15) is 9.59 Å². The van der Waals surface area contributed by atoms with Gasteiger partial charge in [-0.3, -0.25) is 14.2 Å². The van der Waals surface area contributed by atoms with Crippen molar-refractivity contribution in [3.63, 3.8) is 0 Å². The van der Waals surface area contributed by atoms with Gasteiger partial charge in [-0.05, 0) is 83.6 Å². The van der Waals surface area contributed by atoms with Crippen LogP contribution in [0.2, 0.25) is 0 Å². The minimum atomic E-state index is -0.190. The number of halogens is 1. The van der Waals surface area contributed by atoms with E-state index in [1.807, 2.05) is 61.5 Å². The van der Waals surface area contributed by atoms with Crippen LogP contribution in [0, 0.1) is 3.57 Å². The summed E-state index contributed by atoms with van der Waals surface area (Å²) in [4.78, 5) is 33.7. The number of ether oxygens (including phenoxy) is 1. The van der Waals surface area contributed by atoms with Gasteiger partial charge in [-0.15, -0.1) is 0 Å². The molecular weight excluding hydrogens is 541 g/mol. The van der Waals surface area contributed by atoms with E-state index in [4.69, 9.17) is 9.72 Å². The molecular formula is C27H22IN3O3. The lowest BCUT2D eigenvalue weighted by molar-refractivity contribution is -0.113. The topological polar surface area (TPSA) is 64.4 Å². The number of para-hydroxylation sites is 1. The summed E-state index contributed by atoms with van der Waals surface area (Å²) in [5.41, 5.74) is 3.31. The smallest absolute Gasteiger partial charge is 0.266 e. The summed E-state index contributed by atoms with van der Waals surface area (Å²) in [7, 11) is 1.60. The van der Waals surface area contributed by atoms with Gasteiger partial charge in [0.2, 0.25) is 0 Å². The van der Waals surface area contributed by atoms with Gasteiger partial charge in [0, 0.05) is 15.7 Å². The van der Waals surface area contributed by atoms with Gasteiger partial charge >= 0.3 is 0 Å². The summed E-state index contributed by atoms with van der Waals surface area (Å²) in [6.07, 6.45) is 2.58. The molecule has 1 aliphatic heterocycles. The van der Waals surface area contributed by atoms with Crippen molar-refractivity contribution in [2.45, 2.75) is 13.3 Å². The maximum atomic E-state index is 13.7. The van der Waals surface area contributed by atoms with Gasteiger partial charge < -0.3 is 9.64 Å². The molecule has 1 aromatic heterocycles. The Bertz CT molecular complexity index is 1510. The van der Waals surface area contributed by atoms with Crippen molar-refractivity contribution in [1.29, 1.82) is 0 Å². The van der Waals surface area contributed by atoms with Crippen LogP contribution >= 0.6 is 22.6 Å². The molecule has 1 amide bonds. The second-order valence-electron chi connectivity index (χ2n) is 8.00. The molecule has 0 radical (unpaired) electrons. The Morgan fingerprint density at radius 1 is 1.03 bits per heavy atom. The number of amides is 1. The number of benzene rings is 3. The van der Waals surface area contributed by atoms with Crippen LogP contribution in [0.25, 0.3) is 28.2 Å². The third-order valence-corrected chi connectivity index (χ3v) is 6.54. The molecule has 6 nitrogen and oxygen atoms in total. The number of anilines is 1. The fraction of sp³-hybridized carbons (Fsp3) is 0.148. The molecule has 0 unspecified atom stereocenters. The fourth-order valence-corrected chi connectivity index (χ4v) is 4.76. The minimum absolute atomic E-state index is 0.0821. The lowest BCUT2D eigenvalue weighted by Crippen LogP contribution is -2.27. The van der Waals surface area contributed by atoms with Crippen LogP contribution in [0.1, 0.15) is 24.7 Å². The van der Waals surface area contributed by atoms with Gasteiger partial charge in [-0.25, -0.2) is 4.98 Å². The molecule has 0 saturated carbocycles. The molecule has 5 rings (SSSR count). The van der Waals surface area contributed by atoms with Crippen molar-refractivity contribution in [3.8, 4) is 11.4 Å². The van der Waals surface area contributed by atoms with Crippen molar-refractivity contribution >= 4 is 56.7 Å². The monoisotopic (exact) mass is 563 g/mol. The molecule has 0 N–H and O–H groups in total. The Hall–Kier alpha value is -3.46. The van der Waals surface area contributed by atoms with Gasteiger partial charge in [0.25, 0.3) is 11.5 Å². The van der Waals surface area contributed by atoms with Crippen LogP contribution in [-0.4, -0.2) is 29.1 Å². The van der Waals surface area contributed by atoms with E-state index in [0.29, 0.717) is 40.3 Å². The highest BCUT2D eigenvalue weighted by atomic mass is 127. The second-order valence-corrected chi connectivity index (χ2v) is 9.25. The third kappa shape index (κ3) is 3.79. The molecule has 2 heterocycles. The molecule has 34 heavy (non-hydrogen) atoms. The molecule has 0 saturated heterocycles. The van der Waals surface area contributed by atoms with Gasteiger partial charge in [0.15, 0.2) is 0 Å². The summed E-state index contributed by atoms with van der Waals surface area (Å²) in [6, 6.07) is 20.6. The zero-order valence-electron chi connectivity index (χ0n) is 18.8. The van der Waals surface area contributed by atoms with Gasteiger partial charge in [0.05, 0.1) is 35.0 Å². The highest BCUT2D eigenvalue weighted by Gasteiger charge is 2.32. The van der Waals surface area contributed by atoms with E-state index in [2.05, 4.69) is 22.6 Å². The van der Waals surface area contributed by atoms with E-state index < -0.39 is 0 Å². The molecule has 0 spiro atoms. The third-order valence-electron chi connectivity index (χ3n) is 5.87. The van der Waals surface area contributed by atoms with E-state index in [-0.39, 0.29) is 11.5 Å². The number of carbonyl (C=O) groups excluding carboxylic acids is 1. The molecule has 0 fully saturated rings. The number of carbonyl (C=O) groups is 1. The summed E-state index contributed by atoms with van der Waals surface area (Å²) >= 11 is 2.19. The number of methoxy groups -OCH3 is 1. The molecule has 1 aliphatic rings. The van der Waals surface area contributed by atoms with E-state index in [1.165, 1.54) is 0 Å². The maximum absolute atomic E-state index is 13.7. The Morgan fingerprint density at radius 2 is 1.79 bits per heavy atom. The first-order valence-electron chi connectivity index (χ1n) is 11.0. The minimum Gasteiger partial charge on any atom is -0.497 e. The number of nitrogens with zero attached hydrogens (tertiary/aromatic N) is 3. The first-order chi connectivity index (χ1) is 16.5. The molecule has 4 aromatic rings. The van der Waals surface area contributed by atoms with Crippen LogP contribution in [0.4, 0.5) is 5.69 Å². The van der Waals surface area contributed by atoms with Crippen LogP contribution in [0.3, 0.4) is 0 Å². The molecule has 0 bridgehead atoms. The predicted octanol–water partition coefficient (Wildman–Crippen LogP) is 5.30. The summed E-state index contributed by atoms with van der Waals surface area (Å²) in [5.74, 6) is 1.01. The van der Waals surface area contributed by atoms with Crippen LogP contribution in [0.15, 0.2) is 71.5 Å². The van der Waals surface area contributed by atoms with E-state index >= 15 is 0 Å². The summed E-state index contributed by atoms with van der Waals surface area (Å²) < 4.78 is 7.79. The number of hydrogen-bond donors (Lipinski definition) is 0. The first kappa shape index (κ1) is 22.3. The normalized spacial score (nSPS) is 14.1. The zero-order valence-corrected chi connectivity index (χ0v) is 20.9. The summed E-state index contributed by atoms with van der Waals surface area (Å²) in [5, 5.41) is 0.524. The SMILES string of the molecule is CCCN1C(=O)/C(=C\c2nc3ccc(I)cc3c(=O)n2-c2ccc(OC)cc2)c2ccccc21. The van der Waals surface area contributed by atoms with E-state index in [1.54, 1.807) is 34.8 Å². The second kappa shape index (κ2) is 9.06. The van der Waals surface area contributed by atoms with Crippen LogP contribution in [-0.2, 0) is 4.79 Å². The Labute approximate surface area is 210 Å². The molecule has 7 heteroatoms. The van der Waals surface area contributed by atoms with Gasteiger partial charge in [-0.2, -0.15) is 0 Å². The number of rotatable bonds is 5. The first-order valence-corrected chi connectivity index (χ1v) is 12.1. The number of aromatic nitrogens is 2. The molecule has 0 aliphatic carbocycles. The van der Waals surface area contributed by atoms with Crippen molar-refractivity contribution in [1.82, 2.24) is 9.55 Å². The lowest BCUT2D eigenvalue weighted by Gasteiger charge is -2.15. The molecule has 170 valence electrons. The predicted molar refractivity (Wildman–Crippen MR) is 144 cm³/mol. The Kier molecular flexibility index (Phi) is 5.95. The van der Waals surface area contributed by atoms with Crippen LogP contribution < -0.4 is 15.2 Å².